The molecule has 0 saturated heterocycles. The Kier molecular flexibility index (Phi) is 3.74. The number of hydrogen-bond donors (Lipinski definition) is 1. The molecule has 0 saturated carbocycles. The highest BCUT2D eigenvalue weighted by Crippen LogP contribution is 2.20. The van der Waals surface area contributed by atoms with E-state index < -0.39 is 17.7 Å². The Labute approximate surface area is 98.5 Å². The minimum Gasteiger partial charge on any atom is -0.501 e. The van der Waals surface area contributed by atoms with Crippen molar-refractivity contribution >= 4 is 0 Å². The van der Waals surface area contributed by atoms with Crippen LogP contribution >= 0.6 is 0 Å². The molecule has 2 nitrogen and oxygen atoms in total. The Morgan fingerprint density at radius 1 is 1.35 bits per heavy atom. The maximum absolute atomic E-state index is 13.4. The fourth-order valence-electron chi connectivity index (χ4n) is 1.88. The lowest BCUT2D eigenvalue weighted by molar-refractivity contribution is 0.168. The first-order chi connectivity index (χ1) is 8.18. The number of aliphatic hydroxyl groups excluding tert-OH is 1. The third kappa shape index (κ3) is 2.82. The number of ether oxygens (including phenoxy) is 1. The van der Waals surface area contributed by atoms with Gasteiger partial charge < -0.3 is 9.84 Å². The Hall–Kier alpha value is -1.42. The summed E-state index contributed by atoms with van der Waals surface area (Å²) in [6.45, 7) is 0.643. The molecule has 0 bridgehead atoms. The van der Waals surface area contributed by atoms with Gasteiger partial charge in [-0.15, -0.1) is 0 Å². The zero-order valence-electron chi connectivity index (χ0n) is 9.33. The summed E-state index contributed by atoms with van der Waals surface area (Å²) >= 11 is 0. The van der Waals surface area contributed by atoms with E-state index in [1.54, 1.807) is 0 Å². The van der Waals surface area contributed by atoms with E-state index in [2.05, 4.69) is 0 Å². The molecule has 0 aromatic heterocycles. The van der Waals surface area contributed by atoms with Crippen LogP contribution in [0.1, 0.15) is 18.4 Å². The Bertz CT molecular complexity index is 429. The van der Waals surface area contributed by atoms with Crippen molar-refractivity contribution in [1.29, 1.82) is 0 Å². The lowest BCUT2D eigenvalue weighted by Crippen LogP contribution is -2.18. The van der Waals surface area contributed by atoms with Crippen LogP contribution in [0.4, 0.5) is 8.78 Å². The molecule has 0 fully saturated rings. The molecule has 2 rings (SSSR count). The summed E-state index contributed by atoms with van der Waals surface area (Å²) in [4.78, 5) is 0. The summed E-state index contributed by atoms with van der Waals surface area (Å²) in [5.41, 5.74) is 0.920. The molecule has 1 heterocycles. The molecule has 1 atom stereocenters. The van der Waals surface area contributed by atoms with Gasteiger partial charge in [-0.2, -0.15) is 0 Å². The van der Waals surface area contributed by atoms with Crippen LogP contribution in [0.15, 0.2) is 30.0 Å². The summed E-state index contributed by atoms with van der Waals surface area (Å²) in [5.74, 6) is -1.77. The van der Waals surface area contributed by atoms with Gasteiger partial charge in [0, 0.05) is 6.42 Å². The molecular formula is C13H14F2O2. The maximum atomic E-state index is 13.4. The van der Waals surface area contributed by atoms with E-state index in [4.69, 9.17) is 4.74 Å². The van der Waals surface area contributed by atoms with Gasteiger partial charge in [0.2, 0.25) is 0 Å². The fraction of sp³-hybridized carbons (Fsp3) is 0.385. The van der Waals surface area contributed by atoms with Crippen molar-refractivity contribution in [2.24, 2.45) is 0 Å². The molecule has 1 N–H and O–H groups in total. The third-order valence-corrected chi connectivity index (χ3v) is 2.84. The predicted molar refractivity (Wildman–Crippen MR) is 59.3 cm³/mol. The lowest BCUT2D eigenvalue weighted by atomic mass is 9.98. The molecule has 1 aliphatic rings. The molecule has 1 aromatic rings. The van der Waals surface area contributed by atoms with Crippen LogP contribution in [-0.4, -0.2) is 17.8 Å². The Balaban J connectivity index is 2.10. The molecule has 0 spiro atoms. The smallest absolute Gasteiger partial charge is 0.162 e. The number of rotatable bonds is 3. The van der Waals surface area contributed by atoms with E-state index >= 15 is 0 Å². The van der Waals surface area contributed by atoms with Crippen LogP contribution in [0.3, 0.4) is 0 Å². The van der Waals surface area contributed by atoms with Gasteiger partial charge in [-0.05, 0) is 30.0 Å². The second-order valence-corrected chi connectivity index (χ2v) is 4.10. The van der Waals surface area contributed by atoms with Gasteiger partial charge in [0.15, 0.2) is 11.6 Å². The maximum Gasteiger partial charge on any atom is 0.162 e. The van der Waals surface area contributed by atoms with Crippen LogP contribution in [0.25, 0.3) is 0 Å². The average molecular weight is 240 g/mol. The molecule has 1 unspecified atom stereocenters. The molecule has 0 aliphatic carbocycles. The summed E-state index contributed by atoms with van der Waals surface area (Å²) < 4.78 is 31.5. The van der Waals surface area contributed by atoms with Crippen molar-refractivity contribution in [3.05, 3.63) is 47.2 Å². The molecule has 0 radical (unpaired) electrons. The van der Waals surface area contributed by atoms with Crippen molar-refractivity contribution in [2.45, 2.75) is 25.4 Å². The lowest BCUT2D eigenvalue weighted by Gasteiger charge is -2.19. The molecule has 1 aromatic carbocycles. The Morgan fingerprint density at radius 3 is 2.88 bits per heavy atom. The van der Waals surface area contributed by atoms with Gasteiger partial charge in [-0.25, -0.2) is 8.78 Å². The zero-order valence-corrected chi connectivity index (χ0v) is 9.33. The van der Waals surface area contributed by atoms with Crippen molar-refractivity contribution in [1.82, 2.24) is 0 Å². The Morgan fingerprint density at radius 2 is 2.18 bits per heavy atom. The minimum absolute atomic E-state index is 0.0682. The van der Waals surface area contributed by atoms with Crippen LogP contribution < -0.4 is 0 Å². The monoisotopic (exact) mass is 240 g/mol. The molecule has 4 heteroatoms. The predicted octanol–water partition coefficient (Wildman–Crippen LogP) is 2.56. The summed E-state index contributed by atoms with van der Waals surface area (Å²) in [7, 11) is 0. The fourth-order valence-corrected chi connectivity index (χ4v) is 1.88. The molecular weight excluding hydrogens is 226 g/mol. The number of benzene rings is 1. The van der Waals surface area contributed by atoms with Crippen molar-refractivity contribution in [3.63, 3.8) is 0 Å². The van der Waals surface area contributed by atoms with Gasteiger partial charge >= 0.3 is 0 Å². The second kappa shape index (κ2) is 5.27. The SMILES string of the molecule is OC(Cc1cccc(F)c1F)C1=COCCC1. The third-order valence-electron chi connectivity index (χ3n) is 2.84. The van der Waals surface area contributed by atoms with Crippen LogP contribution in [0.5, 0.6) is 0 Å². The number of hydrogen-bond acceptors (Lipinski definition) is 2. The summed E-state index contributed by atoms with van der Waals surface area (Å²) in [6, 6.07) is 3.98. The van der Waals surface area contributed by atoms with Gasteiger partial charge in [-0.3, -0.25) is 0 Å². The highest BCUT2D eigenvalue weighted by molar-refractivity contribution is 5.22. The first-order valence-electron chi connectivity index (χ1n) is 5.60. The van der Waals surface area contributed by atoms with Crippen molar-refractivity contribution < 1.29 is 18.6 Å². The number of aliphatic hydroxyl groups is 1. The average Bonchev–Trinajstić information content (AvgIpc) is 2.36. The highest BCUT2D eigenvalue weighted by atomic mass is 19.2. The quantitative estimate of drug-likeness (QED) is 0.879. The van der Waals surface area contributed by atoms with E-state index in [9.17, 15) is 13.9 Å². The second-order valence-electron chi connectivity index (χ2n) is 4.10. The van der Waals surface area contributed by atoms with E-state index in [0.29, 0.717) is 6.61 Å². The van der Waals surface area contributed by atoms with Crippen LogP contribution in [0.2, 0.25) is 0 Å². The summed E-state index contributed by atoms with van der Waals surface area (Å²) in [6.07, 6.45) is 2.35. The normalized spacial score (nSPS) is 17.2. The van der Waals surface area contributed by atoms with Gasteiger partial charge in [0.05, 0.1) is 19.0 Å². The largest absolute Gasteiger partial charge is 0.501 e. The van der Waals surface area contributed by atoms with E-state index in [0.717, 1.165) is 24.5 Å². The van der Waals surface area contributed by atoms with Gasteiger partial charge in [0.25, 0.3) is 0 Å². The molecule has 92 valence electrons. The number of halogens is 2. The van der Waals surface area contributed by atoms with Gasteiger partial charge in [0.1, 0.15) is 0 Å². The highest BCUT2D eigenvalue weighted by Gasteiger charge is 2.17. The molecule has 0 amide bonds. The molecule has 17 heavy (non-hydrogen) atoms. The van der Waals surface area contributed by atoms with Gasteiger partial charge in [-0.1, -0.05) is 12.1 Å². The van der Waals surface area contributed by atoms with Crippen molar-refractivity contribution in [3.8, 4) is 0 Å². The van der Waals surface area contributed by atoms with Crippen LogP contribution in [0, 0.1) is 11.6 Å². The summed E-state index contributed by atoms with van der Waals surface area (Å²) in [5, 5.41) is 9.91. The van der Waals surface area contributed by atoms with E-state index in [1.165, 1.54) is 18.4 Å². The molecule has 1 aliphatic heterocycles. The zero-order chi connectivity index (χ0) is 12.3. The van der Waals surface area contributed by atoms with Crippen molar-refractivity contribution in [2.75, 3.05) is 6.61 Å². The topological polar surface area (TPSA) is 29.5 Å². The first-order valence-corrected chi connectivity index (χ1v) is 5.60. The van der Waals surface area contributed by atoms with Crippen LogP contribution in [-0.2, 0) is 11.2 Å². The standard InChI is InChI=1S/C13H14F2O2/c14-11-5-1-3-9(13(11)15)7-12(16)10-4-2-6-17-8-10/h1,3,5,8,12,16H,2,4,6-7H2. The minimum atomic E-state index is -0.886. The van der Waals surface area contributed by atoms with E-state index in [1.807, 2.05) is 0 Å². The van der Waals surface area contributed by atoms with E-state index in [-0.39, 0.29) is 12.0 Å². The first kappa shape index (κ1) is 12.0.